The average molecular weight is 358 g/mol. The maximum absolute atomic E-state index is 11.1. The summed E-state index contributed by atoms with van der Waals surface area (Å²) in [6.45, 7) is 3.40. The Morgan fingerprint density at radius 2 is 2.05 bits per heavy atom. The lowest BCUT2D eigenvalue weighted by atomic mass is 10.2. The molecular formula is C12H10BrClN4O2. The van der Waals surface area contributed by atoms with Crippen molar-refractivity contribution in [1.82, 2.24) is 9.97 Å². The summed E-state index contributed by atoms with van der Waals surface area (Å²) in [5.41, 5.74) is 1.64. The molecule has 1 N–H and O–H groups in total. The molecule has 2 aromatic rings. The van der Waals surface area contributed by atoms with E-state index >= 15 is 0 Å². The van der Waals surface area contributed by atoms with Crippen molar-refractivity contribution in [3.05, 3.63) is 49.3 Å². The number of anilines is 2. The Morgan fingerprint density at radius 3 is 2.70 bits per heavy atom. The number of nitrogens with zero attached hydrogens (tertiary/aromatic N) is 3. The number of halogens is 2. The third-order valence-corrected chi connectivity index (χ3v) is 3.76. The van der Waals surface area contributed by atoms with Crippen LogP contribution in [0.4, 0.5) is 17.2 Å². The molecule has 0 aliphatic rings. The Hall–Kier alpha value is -1.73. The molecule has 0 unspecified atom stereocenters. The third-order valence-electron chi connectivity index (χ3n) is 2.73. The minimum Gasteiger partial charge on any atom is -0.334 e. The Labute approximate surface area is 128 Å². The molecule has 2 rings (SSSR count). The normalized spacial score (nSPS) is 10.4. The summed E-state index contributed by atoms with van der Waals surface area (Å²) in [7, 11) is 0. The lowest BCUT2D eigenvalue weighted by Gasteiger charge is -2.11. The van der Waals surface area contributed by atoms with Gasteiger partial charge in [0.05, 0.1) is 4.92 Å². The number of hydrogen-bond donors (Lipinski definition) is 1. The Balaban J connectivity index is 2.53. The highest BCUT2D eigenvalue weighted by molar-refractivity contribution is 9.10. The van der Waals surface area contributed by atoms with Crippen LogP contribution in [-0.4, -0.2) is 14.9 Å². The SMILES string of the molecule is Cc1nc(Cl)nc(Nc2cccc(Br)c2C)c1[N+](=O)[O-]. The molecule has 0 spiro atoms. The molecule has 20 heavy (non-hydrogen) atoms. The van der Waals surface area contributed by atoms with Crippen LogP contribution in [0.5, 0.6) is 0 Å². The van der Waals surface area contributed by atoms with E-state index < -0.39 is 4.92 Å². The zero-order chi connectivity index (χ0) is 14.9. The lowest BCUT2D eigenvalue weighted by Crippen LogP contribution is -2.05. The lowest BCUT2D eigenvalue weighted by molar-refractivity contribution is -0.385. The van der Waals surface area contributed by atoms with Gasteiger partial charge in [0.2, 0.25) is 11.1 Å². The highest BCUT2D eigenvalue weighted by Gasteiger charge is 2.22. The van der Waals surface area contributed by atoms with Gasteiger partial charge in [-0.25, -0.2) is 4.98 Å². The van der Waals surface area contributed by atoms with Crippen molar-refractivity contribution >= 4 is 44.7 Å². The van der Waals surface area contributed by atoms with E-state index in [2.05, 4.69) is 31.2 Å². The molecule has 0 saturated heterocycles. The smallest absolute Gasteiger partial charge is 0.332 e. The first kappa shape index (κ1) is 14.7. The number of nitro groups is 1. The van der Waals surface area contributed by atoms with Crippen molar-refractivity contribution in [2.45, 2.75) is 13.8 Å². The number of benzene rings is 1. The molecule has 0 bridgehead atoms. The topological polar surface area (TPSA) is 81.0 Å². The second-order valence-electron chi connectivity index (χ2n) is 4.07. The molecule has 0 radical (unpaired) electrons. The molecule has 1 heterocycles. The predicted molar refractivity (Wildman–Crippen MR) is 80.6 cm³/mol. The van der Waals surface area contributed by atoms with Gasteiger partial charge in [0, 0.05) is 10.2 Å². The van der Waals surface area contributed by atoms with E-state index in [-0.39, 0.29) is 22.5 Å². The van der Waals surface area contributed by atoms with Crippen LogP contribution in [0.2, 0.25) is 5.28 Å². The zero-order valence-corrected chi connectivity index (χ0v) is 13.0. The molecule has 8 heteroatoms. The number of rotatable bonds is 3. The molecule has 0 atom stereocenters. The van der Waals surface area contributed by atoms with Crippen LogP contribution in [0, 0.1) is 24.0 Å². The van der Waals surface area contributed by atoms with Gasteiger partial charge >= 0.3 is 5.69 Å². The van der Waals surface area contributed by atoms with Gasteiger partial charge in [0.15, 0.2) is 0 Å². The minimum atomic E-state index is -0.526. The summed E-state index contributed by atoms with van der Waals surface area (Å²) < 4.78 is 0.891. The van der Waals surface area contributed by atoms with Gasteiger partial charge in [-0.3, -0.25) is 10.1 Å². The predicted octanol–water partition coefficient (Wildman–Crippen LogP) is 4.16. The first-order valence-corrected chi connectivity index (χ1v) is 6.78. The highest BCUT2D eigenvalue weighted by Crippen LogP contribution is 2.32. The van der Waals surface area contributed by atoms with Gasteiger partial charge in [0.1, 0.15) is 5.69 Å². The molecule has 0 saturated carbocycles. The first-order valence-electron chi connectivity index (χ1n) is 5.61. The fourth-order valence-corrected chi connectivity index (χ4v) is 2.29. The molecule has 1 aromatic carbocycles. The summed E-state index contributed by atoms with van der Waals surface area (Å²) in [6, 6.07) is 5.50. The first-order chi connectivity index (χ1) is 9.40. The van der Waals surface area contributed by atoms with Crippen LogP contribution in [0.25, 0.3) is 0 Å². The van der Waals surface area contributed by atoms with Crippen molar-refractivity contribution in [2.24, 2.45) is 0 Å². The molecule has 0 aliphatic heterocycles. The largest absolute Gasteiger partial charge is 0.334 e. The number of aromatic nitrogens is 2. The van der Waals surface area contributed by atoms with E-state index in [0.717, 1.165) is 10.0 Å². The van der Waals surface area contributed by atoms with Crippen LogP contribution in [0.15, 0.2) is 22.7 Å². The molecule has 1 aromatic heterocycles. The van der Waals surface area contributed by atoms with Gasteiger partial charge < -0.3 is 5.32 Å². The number of aryl methyl sites for hydroxylation is 1. The van der Waals surface area contributed by atoms with Crippen LogP contribution in [0.1, 0.15) is 11.3 Å². The van der Waals surface area contributed by atoms with Crippen molar-refractivity contribution < 1.29 is 4.92 Å². The van der Waals surface area contributed by atoms with Crippen LogP contribution >= 0.6 is 27.5 Å². The summed E-state index contributed by atoms with van der Waals surface area (Å²) in [5.74, 6) is 0.0775. The maximum Gasteiger partial charge on any atom is 0.332 e. The quantitative estimate of drug-likeness (QED) is 0.507. The van der Waals surface area contributed by atoms with Crippen molar-refractivity contribution in [2.75, 3.05) is 5.32 Å². The van der Waals surface area contributed by atoms with Crippen molar-refractivity contribution in [3.8, 4) is 0 Å². The van der Waals surface area contributed by atoms with Gasteiger partial charge in [-0.05, 0) is 43.1 Å². The summed E-state index contributed by atoms with van der Waals surface area (Å²) >= 11 is 9.17. The van der Waals surface area contributed by atoms with Gasteiger partial charge in [0.25, 0.3) is 0 Å². The van der Waals surface area contributed by atoms with E-state index in [4.69, 9.17) is 11.6 Å². The second kappa shape index (κ2) is 5.72. The monoisotopic (exact) mass is 356 g/mol. The molecule has 104 valence electrons. The van der Waals surface area contributed by atoms with E-state index in [1.54, 1.807) is 6.07 Å². The van der Waals surface area contributed by atoms with Crippen LogP contribution in [0.3, 0.4) is 0 Å². The second-order valence-corrected chi connectivity index (χ2v) is 5.26. The Morgan fingerprint density at radius 1 is 1.35 bits per heavy atom. The Bertz CT molecular complexity index is 693. The summed E-state index contributed by atoms with van der Waals surface area (Å²) in [5, 5.41) is 14.0. The maximum atomic E-state index is 11.1. The summed E-state index contributed by atoms with van der Waals surface area (Å²) in [4.78, 5) is 18.3. The zero-order valence-electron chi connectivity index (χ0n) is 10.6. The highest BCUT2D eigenvalue weighted by atomic mass is 79.9. The molecular weight excluding hydrogens is 348 g/mol. The van der Waals surface area contributed by atoms with E-state index in [9.17, 15) is 10.1 Å². The molecule has 0 amide bonds. The standard InChI is InChI=1S/C12H10BrClN4O2/c1-6-8(13)4-3-5-9(6)16-11-10(18(19)20)7(2)15-12(14)17-11/h3-5H,1-2H3,(H,15,16,17). The van der Waals surface area contributed by atoms with Crippen molar-refractivity contribution in [1.29, 1.82) is 0 Å². The fraction of sp³-hybridized carbons (Fsp3) is 0.167. The Kier molecular flexibility index (Phi) is 4.20. The van der Waals surface area contributed by atoms with E-state index in [1.807, 2.05) is 19.1 Å². The molecule has 6 nitrogen and oxygen atoms in total. The fourth-order valence-electron chi connectivity index (χ4n) is 1.71. The van der Waals surface area contributed by atoms with E-state index in [1.165, 1.54) is 6.92 Å². The van der Waals surface area contributed by atoms with Gasteiger partial charge in [-0.1, -0.05) is 22.0 Å². The van der Waals surface area contributed by atoms with E-state index in [0.29, 0.717) is 5.69 Å². The third kappa shape index (κ3) is 2.88. The number of hydrogen-bond acceptors (Lipinski definition) is 5. The van der Waals surface area contributed by atoms with Crippen molar-refractivity contribution in [3.63, 3.8) is 0 Å². The van der Waals surface area contributed by atoms with Crippen LogP contribution < -0.4 is 5.32 Å². The summed E-state index contributed by atoms with van der Waals surface area (Å²) in [6.07, 6.45) is 0. The van der Waals surface area contributed by atoms with Crippen LogP contribution in [-0.2, 0) is 0 Å². The average Bonchev–Trinajstić information content (AvgIpc) is 2.33. The molecule has 0 fully saturated rings. The molecule has 0 aliphatic carbocycles. The minimum absolute atomic E-state index is 0.0387. The van der Waals surface area contributed by atoms with Gasteiger partial charge in [-0.15, -0.1) is 0 Å². The number of nitrogens with one attached hydrogen (secondary N) is 1. The van der Waals surface area contributed by atoms with Gasteiger partial charge in [-0.2, -0.15) is 4.98 Å².